The molecule has 0 spiro atoms. The van der Waals surface area contributed by atoms with E-state index in [2.05, 4.69) is 23.3 Å². The molecule has 0 bridgehead atoms. The normalized spacial score (nSPS) is 10.5. The van der Waals surface area contributed by atoms with E-state index in [4.69, 9.17) is 16.3 Å². The van der Waals surface area contributed by atoms with Crippen LogP contribution in [0.4, 0.5) is 0 Å². The smallest absolute Gasteiger partial charge is 0.124 e. The number of nitrogens with zero attached hydrogens (tertiary/aromatic N) is 1. The molecule has 0 amide bonds. The average Bonchev–Trinajstić information content (AvgIpc) is 2.40. The van der Waals surface area contributed by atoms with Crippen molar-refractivity contribution in [1.82, 2.24) is 10.3 Å². The van der Waals surface area contributed by atoms with Gasteiger partial charge in [-0.15, -0.1) is 0 Å². The highest BCUT2D eigenvalue weighted by Gasteiger charge is 2.05. The maximum atomic E-state index is 6.06. The first-order chi connectivity index (χ1) is 9.20. The fraction of sp³-hybridized carbons (Fsp3) is 0.267. The average molecular weight is 277 g/mol. The lowest BCUT2D eigenvalue weighted by Gasteiger charge is -2.12. The predicted octanol–water partition coefficient (Wildman–Crippen LogP) is 3.34. The first kappa shape index (κ1) is 13.8. The Labute approximate surface area is 118 Å². The molecule has 0 aliphatic rings. The lowest BCUT2D eigenvalue weighted by molar-refractivity contribution is 0.302. The molecule has 0 unspecified atom stereocenters. The molecule has 1 heterocycles. The zero-order valence-electron chi connectivity index (χ0n) is 11.1. The summed E-state index contributed by atoms with van der Waals surface area (Å²) in [5, 5.41) is 3.77. The Morgan fingerprint density at radius 2 is 2.11 bits per heavy atom. The van der Waals surface area contributed by atoms with E-state index in [9.17, 15) is 0 Å². The van der Waals surface area contributed by atoms with E-state index < -0.39 is 0 Å². The SMILES string of the molecule is CNCc1cc(C)ccc1OCc1ccncc1Cl. The maximum absolute atomic E-state index is 6.06. The Bertz CT molecular complexity index is 558. The molecule has 2 rings (SSSR count). The molecule has 0 saturated heterocycles. The Balaban J connectivity index is 2.13. The Hall–Kier alpha value is -1.58. The van der Waals surface area contributed by atoms with Crippen molar-refractivity contribution in [3.05, 3.63) is 58.4 Å². The highest BCUT2D eigenvalue weighted by molar-refractivity contribution is 6.31. The van der Waals surface area contributed by atoms with Crippen LogP contribution in [0.1, 0.15) is 16.7 Å². The zero-order valence-corrected chi connectivity index (χ0v) is 11.9. The summed E-state index contributed by atoms with van der Waals surface area (Å²) in [7, 11) is 1.92. The van der Waals surface area contributed by atoms with Crippen molar-refractivity contribution >= 4 is 11.6 Å². The van der Waals surface area contributed by atoms with Crippen LogP contribution in [0.3, 0.4) is 0 Å². The third-order valence-electron chi connectivity index (χ3n) is 2.82. The molecule has 19 heavy (non-hydrogen) atoms. The number of rotatable bonds is 5. The molecule has 0 fully saturated rings. The molecule has 3 nitrogen and oxygen atoms in total. The molecule has 0 aliphatic carbocycles. The quantitative estimate of drug-likeness (QED) is 0.909. The van der Waals surface area contributed by atoms with Crippen molar-refractivity contribution in [1.29, 1.82) is 0 Å². The number of hydrogen-bond acceptors (Lipinski definition) is 3. The van der Waals surface area contributed by atoms with Crippen molar-refractivity contribution in [3.8, 4) is 5.75 Å². The van der Waals surface area contributed by atoms with Crippen molar-refractivity contribution in [3.63, 3.8) is 0 Å². The van der Waals surface area contributed by atoms with Crippen molar-refractivity contribution in [2.24, 2.45) is 0 Å². The van der Waals surface area contributed by atoms with Crippen molar-refractivity contribution in [2.45, 2.75) is 20.1 Å². The van der Waals surface area contributed by atoms with E-state index in [1.54, 1.807) is 12.4 Å². The van der Waals surface area contributed by atoms with E-state index in [0.717, 1.165) is 23.4 Å². The molecule has 1 aromatic carbocycles. The van der Waals surface area contributed by atoms with Crippen LogP contribution in [0.5, 0.6) is 5.75 Å². The van der Waals surface area contributed by atoms with Gasteiger partial charge in [0.2, 0.25) is 0 Å². The highest BCUT2D eigenvalue weighted by Crippen LogP contribution is 2.22. The summed E-state index contributed by atoms with van der Waals surface area (Å²) in [4.78, 5) is 3.96. The second-order valence-electron chi connectivity index (χ2n) is 4.40. The van der Waals surface area contributed by atoms with Gasteiger partial charge in [0.15, 0.2) is 0 Å². The maximum Gasteiger partial charge on any atom is 0.124 e. The molecule has 1 N–H and O–H groups in total. The summed E-state index contributed by atoms with van der Waals surface area (Å²) >= 11 is 6.06. The lowest BCUT2D eigenvalue weighted by atomic mass is 10.1. The monoisotopic (exact) mass is 276 g/mol. The van der Waals surface area contributed by atoms with Gasteiger partial charge in [0.1, 0.15) is 12.4 Å². The predicted molar refractivity (Wildman–Crippen MR) is 77.5 cm³/mol. The number of hydrogen-bond donors (Lipinski definition) is 1. The van der Waals surface area contributed by atoms with E-state index in [1.807, 2.05) is 25.2 Å². The van der Waals surface area contributed by atoms with Crippen LogP contribution in [0, 0.1) is 6.92 Å². The van der Waals surface area contributed by atoms with E-state index in [1.165, 1.54) is 5.56 Å². The first-order valence-corrected chi connectivity index (χ1v) is 6.54. The molecule has 0 atom stereocenters. The molecule has 2 aromatic rings. The minimum Gasteiger partial charge on any atom is -0.489 e. The van der Waals surface area contributed by atoms with Gasteiger partial charge >= 0.3 is 0 Å². The molecule has 0 saturated carbocycles. The summed E-state index contributed by atoms with van der Waals surface area (Å²) in [6.07, 6.45) is 3.35. The Morgan fingerprint density at radius 1 is 1.26 bits per heavy atom. The first-order valence-electron chi connectivity index (χ1n) is 6.16. The molecule has 0 radical (unpaired) electrons. The van der Waals surface area contributed by atoms with Crippen LogP contribution in [-0.2, 0) is 13.2 Å². The molecule has 4 heteroatoms. The topological polar surface area (TPSA) is 34.1 Å². The van der Waals surface area contributed by atoms with E-state index in [0.29, 0.717) is 11.6 Å². The van der Waals surface area contributed by atoms with Crippen LogP contribution in [0.25, 0.3) is 0 Å². The number of aromatic nitrogens is 1. The molecule has 0 aliphatic heterocycles. The van der Waals surface area contributed by atoms with Gasteiger partial charge in [-0.05, 0) is 26.1 Å². The van der Waals surface area contributed by atoms with Crippen LogP contribution in [0.15, 0.2) is 36.7 Å². The summed E-state index contributed by atoms with van der Waals surface area (Å²) in [5.74, 6) is 0.882. The highest BCUT2D eigenvalue weighted by atomic mass is 35.5. The minimum absolute atomic E-state index is 0.446. The van der Waals surface area contributed by atoms with Crippen molar-refractivity contribution in [2.75, 3.05) is 7.05 Å². The van der Waals surface area contributed by atoms with Crippen LogP contribution >= 0.6 is 11.6 Å². The van der Waals surface area contributed by atoms with Crippen LogP contribution in [-0.4, -0.2) is 12.0 Å². The van der Waals surface area contributed by atoms with Gasteiger partial charge in [-0.25, -0.2) is 0 Å². The van der Waals surface area contributed by atoms with Crippen molar-refractivity contribution < 1.29 is 4.74 Å². The second-order valence-corrected chi connectivity index (χ2v) is 4.80. The number of ether oxygens (including phenoxy) is 1. The third-order valence-corrected chi connectivity index (χ3v) is 3.16. The zero-order chi connectivity index (χ0) is 13.7. The van der Waals surface area contributed by atoms with Gasteiger partial charge in [-0.3, -0.25) is 4.98 Å². The van der Waals surface area contributed by atoms with Gasteiger partial charge in [0.25, 0.3) is 0 Å². The molecule has 100 valence electrons. The molecule has 1 aromatic heterocycles. The third kappa shape index (κ3) is 3.69. The summed E-state index contributed by atoms with van der Waals surface area (Å²) in [6.45, 7) is 3.30. The molecular formula is C15H17ClN2O. The van der Waals surface area contributed by atoms with Gasteiger partial charge in [0, 0.05) is 30.1 Å². The second kappa shape index (κ2) is 6.55. The van der Waals surface area contributed by atoms with Gasteiger partial charge < -0.3 is 10.1 Å². The largest absolute Gasteiger partial charge is 0.489 e. The Kier molecular flexibility index (Phi) is 4.77. The van der Waals surface area contributed by atoms with Gasteiger partial charge in [-0.2, -0.15) is 0 Å². The van der Waals surface area contributed by atoms with Crippen LogP contribution < -0.4 is 10.1 Å². The van der Waals surface area contributed by atoms with Gasteiger partial charge in [-0.1, -0.05) is 29.3 Å². The van der Waals surface area contributed by atoms with E-state index >= 15 is 0 Å². The fourth-order valence-electron chi connectivity index (χ4n) is 1.85. The van der Waals surface area contributed by atoms with Gasteiger partial charge in [0.05, 0.1) is 5.02 Å². The fourth-order valence-corrected chi connectivity index (χ4v) is 2.03. The molecular weight excluding hydrogens is 260 g/mol. The van der Waals surface area contributed by atoms with E-state index in [-0.39, 0.29) is 0 Å². The standard InChI is InChI=1S/C15H17ClN2O/c1-11-3-4-15(13(7-11)8-17-2)19-10-12-5-6-18-9-14(12)16/h3-7,9,17H,8,10H2,1-2H3. The number of aryl methyl sites for hydroxylation is 1. The summed E-state index contributed by atoms with van der Waals surface area (Å²) in [5.41, 5.74) is 3.31. The lowest BCUT2D eigenvalue weighted by Crippen LogP contribution is -2.08. The summed E-state index contributed by atoms with van der Waals surface area (Å²) < 4.78 is 5.86. The minimum atomic E-state index is 0.446. The number of halogens is 1. The van der Waals surface area contributed by atoms with Crippen LogP contribution in [0.2, 0.25) is 5.02 Å². The summed E-state index contributed by atoms with van der Waals surface area (Å²) in [6, 6.07) is 8.04. The number of benzene rings is 1. The Morgan fingerprint density at radius 3 is 2.84 bits per heavy atom. The number of nitrogens with one attached hydrogen (secondary N) is 1. The number of pyridine rings is 1.